The predicted octanol–water partition coefficient (Wildman–Crippen LogP) is 8.15. The molecule has 4 aliphatic carbocycles. The summed E-state index contributed by atoms with van der Waals surface area (Å²) < 4.78 is 13.3. The Morgan fingerprint density at radius 3 is 2.26 bits per heavy atom. The average molecular weight is 682 g/mol. The van der Waals surface area contributed by atoms with E-state index >= 15 is 0 Å². The van der Waals surface area contributed by atoms with Crippen molar-refractivity contribution in [1.82, 2.24) is 19.7 Å². The van der Waals surface area contributed by atoms with Gasteiger partial charge < -0.3 is 14.4 Å². The van der Waals surface area contributed by atoms with E-state index in [4.69, 9.17) is 19.6 Å². The van der Waals surface area contributed by atoms with Crippen molar-refractivity contribution in [2.75, 3.05) is 31.6 Å². The molecule has 0 unspecified atom stereocenters. The number of aryl methyl sites for hydroxylation is 1. The molecule has 1 aliphatic heterocycles. The molecular formula is C41H55N5O4. The summed E-state index contributed by atoms with van der Waals surface area (Å²) in [6, 6.07) is 12.8. The molecule has 2 bridgehead atoms. The largest absolute Gasteiger partial charge is 0.496 e. The van der Waals surface area contributed by atoms with Crippen LogP contribution in [0.3, 0.4) is 0 Å². The monoisotopic (exact) mass is 681 g/mol. The van der Waals surface area contributed by atoms with Gasteiger partial charge in [0.25, 0.3) is 0 Å². The minimum Gasteiger partial charge on any atom is -0.496 e. The molecule has 0 atom stereocenters. The van der Waals surface area contributed by atoms with Crippen LogP contribution in [0.4, 0.5) is 10.6 Å². The molecule has 5 aliphatic rings. The van der Waals surface area contributed by atoms with Gasteiger partial charge in [-0.05, 0) is 117 Å². The summed E-state index contributed by atoms with van der Waals surface area (Å²) in [4.78, 5) is 35.9. The van der Waals surface area contributed by atoms with Crippen molar-refractivity contribution < 1.29 is 19.1 Å². The van der Waals surface area contributed by atoms with Crippen molar-refractivity contribution >= 4 is 17.8 Å². The molecule has 268 valence electrons. The van der Waals surface area contributed by atoms with Crippen molar-refractivity contribution in [3.8, 4) is 11.4 Å². The first-order chi connectivity index (χ1) is 23.9. The highest BCUT2D eigenvalue weighted by atomic mass is 16.6. The van der Waals surface area contributed by atoms with Crippen LogP contribution < -0.4 is 9.64 Å². The molecule has 1 aromatic carbocycles. The van der Waals surface area contributed by atoms with Crippen LogP contribution in [0.15, 0.2) is 48.8 Å². The van der Waals surface area contributed by atoms with Gasteiger partial charge in [-0.3, -0.25) is 9.69 Å². The Bertz CT molecular complexity index is 1690. The molecule has 3 aromatic rings. The van der Waals surface area contributed by atoms with Crippen molar-refractivity contribution in [2.45, 2.75) is 116 Å². The zero-order chi connectivity index (χ0) is 35.3. The van der Waals surface area contributed by atoms with Crippen LogP contribution in [0.5, 0.6) is 5.75 Å². The van der Waals surface area contributed by atoms with Gasteiger partial charge in [-0.25, -0.2) is 14.5 Å². The number of carbonyl (C=O) groups excluding carboxylic acids is 2. The Labute approximate surface area is 297 Å². The number of nitrogens with zero attached hydrogens (tertiary/aromatic N) is 5. The number of rotatable bonds is 8. The average Bonchev–Trinajstić information content (AvgIpc) is 3.62. The zero-order valence-corrected chi connectivity index (χ0v) is 30.9. The number of ether oxygens (including phenoxy) is 2. The smallest absolute Gasteiger partial charge is 0.410 e. The van der Waals surface area contributed by atoms with Gasteiger partial charge in [0.15, 0.2) is 0 Å². The quantitative estimate of drug-likeness (QED) is 0.238. The zero-order valence-electron chi connectivity index (χ0n) is 30.9. The Morgan fingerprint density at radius 1 is 0.960 bits per heavy atom. The number of hydrogen-bond acceptors (Lipinski definition) is 6. The SMILES string of the molecule is COc1ccc(C23CCC(CN(C(=O)C4CCC(OC(=O)N5CC(C)C5)CC4)c4cc(-n5ccc(C(C)(C)C)n5)ccn4)(CC2)CC3)cc1C. The number of carbonyl (C=O) groups is 2. The Morgan fingerprint density at radius 2 is 1.66 bits per heavy atom. The Hall–Kier alpha value is -3.88. The lowest BCUT2D eigenvalue weighted by Crippen LogP contribution is -2.52. The number of likely N-dealkylation sites (tertiary alicyclic amines) is 1. The third-order valence-corrected chi connectivity index (χ3v) is 12.4. The standard InChI is InChI=1S/C41H55N5O4/c1-28-25-44(26-28)38(48)50-33-10-7-30(8-11-33)37(47)45(36-24-32(13-21-42-36)46-22-14-35(43-46)39(3,4)5)27-40-15-18-41(19-16-40,20-17-40)31-9-12-34(49-6)29(2)23-31/h9,12-14,21-24,28,30,33H,7-8,10-11,15-20,25-27H2,1-6H3. The lowest BCUT2D eigenvalue weighted by Gasteiger charge is -2.55. The minimum atomic E-state index is -0.205. The summed E-state index contributed by atoms with van der Waals surface area (Å²) in [7, 11) is 1.74. The van der Waals surface area contributed by atoms with Gasteiger partial charge in [-0.15, -0.1) is 0 Å². The fraction of sp³-hybridized carbons (Fsp3) is 0.610. The predicted molar refractivity (Wildman–Crippen MR) is 195 cm³/mol. The van der Waals surface area contributed by atoms with Gasteiger partial charge >= 0.3 is 6.09 Å². The maximum absolute atomic E-state index is 14.7. The topological polar surface area (TPSA) is 89.8 Å². The summed E-state index contributed by atoms with van der Waals surface area (Å²) in [5, 5.41) is 4.88. The fourth-order valence-corrected chi connectivity index (χ4v) is 9.03. The molecule has 9 heteroatoms. The first kappa shape index (κ1) is 34.6. The summed E-state index contributed by atoms with van der Waals surface area (Å²) in [5.74, 6) is 2.20. The van der Waals surface area contributed by atoms with Crippen molar-refractivity contribution in [1.29, 1.82) is 0 Å². The van der Waals surface area contributed by atoms with Crippen LogP contribution in [0.2, 0.25) is 0 Å². The maximum atomic E-state index is 14.7. The number of amides is 2. The van der Waals surface area contributed by atoms with E-state index < -0.39 is 0 Å². The molecule has 50 heavy (non-hydrogen) atoms. The lowest BCUT2D eigenvalue weighted by molar-refractivity contribution is -0.124. The van der Waals surface area contributed by atoms with Gasteiger partial charge in [-0.1, -0.05) is 39.8 Å². The lowest BCUT2D eigenvalue weighted by atomic mass is 9.51. The van der Waals surface area contributed by atoms with Gasteiger partial charge in [0.05, 0.1) is 18.5 Å². The third kappa shape index (κ3) is 6.76. The third-order valence-electron chi connectivity index (χ3n) is 12.4. The Balaban J connectivity index is 1.10. The number of anilines is 1. The van der Waals surface area contributed by atoms with E-state index in [1.54, 1.807) is 12.0 Å². The molecule has 0 radical (unpaired) electrons. The maximum Gasteiger partial charge on any atom is 0.410 e. The summed E-state index contributed by atoms with van der Waals surface area (Å²) in [5.41, 5.74) is 4.73. The molecule has 3 heterocycles. The number of methoxy groups -OCH3 is 1. The van der Waals surface area contributed by atoms with E-state index in [-0.39, 0.29) is 40.3 Å². The Kier molecular flexibility index (Phi) is 9.23. The van der Waals surface area contributed by atoms with E-state index in [1.807, 2.05) is 34.1 Å². The second kappa shape index (κ2) is 13.3. The summed E-state index contributed by atoms with van der Waals surface area (Å²) in [6.07, 6.45) is 13.0. The highest BCUT2D eigenvalue weighted by Gasteiger charge is 2.51. The van der Waals surface area contributed by atoms with Gasteiger partial charge in [0.2, 0.25) is 5.91 Å². The fourth-order valence-electron chi connectivity index (χ4n) is 9.03. The highest BCUT2D eigenvalue weighted by Crippen LogP contribution is 2.58. The van der Waals surface area contributed by atoms with Crippen LogP contribution >= 0.6 is 0 Å². The molecule has 1 saturated heterocycles. The molecule has 4 saturated carbocycles. The number of pyridine rings is 1. The van der Waals surface area contributed by atoms with Crippen molar-refractivity contribution in [3.05, 3.63) is 65.6 Å². The van der Waals surface area contributed by atoms with Crippen molar-refractivity contribution in [2.24, 2.45) is 17.3 Å². The van der Waals surface area contributed by atoms with Crippen LogP contribution in [0.25, 0.3) is 5.69 Å². The normalized spacial score (nSPS) is 26.7. The van der Waals surface area contributed by atoms with E-state index in [0.717, 1.165) is 68.7 Å². The summed E-state index contributed by atoms with van der Waals surface area (Å²) in [6.45, 7) is 13.0. The number of hydrogen-bond donors (Lipinski definition) is 0. The molecule has 8 rings (SSSR count). The molecule has 5 fully saturated rings. The second-order valence-corrected chi connectivity index (χ2v) is 17.0. The minimum absolute atomic E-state index is 0.0583. The molecule has 0 spiro atoms. The highest BCUT2D eigenvalue weighted by molar-refractivity contribution is 5.94. The summed E-state index contributed by atoms with van der Waals surface area (Å²) >= 11 is 0. The number of fused-ring (bicyclic) bond motifs is 3. The molecule has 0 N–H and O–H groups in total. The van der Waals surface area contributed by atoms with E-state index in [9.17, 15) is 9.59 Å². The van der Waals surface area contributed by atoms with Crippen molar-refractivity contribution in [3.63, 3.8) is 0 Å². The second-order valence-electron chi connectivity index (χ2n) is 17.0. The van der Waals surface area contributed by atoms with Crippen LogP contribution in [-0.2, 0) is 20.4 Å². The molecule has 2 aromatic heterocycles. The molecule has 2 amide bonds. The number of aromatic nitrogens is 3. The molecular weight excluding hydrogens is 626 g/mol. The first-order valence-electron chi connectivity index (χ1n) is 18.8. The van der Waals surface area contributed by atoms with Crippen LogP contribution in [-0.4, -0.2) is 64.5 Å². The molecule has 9 nitrogen and oxygen atoms in total. The van der Waals surface area contributed by atoms with E-state index in [2.05, 4.69) is 58.9 Å². The van der Waals surface area contributed by atoms with Gasteiger partial charge in [-0.2, -0.15) is 5.10 Å². The van der Waals surface area contributed by atoms with E-state index in [0.29, 0.717) is 44.0 Å². The number of benzene rings is 1. The van der Waals surface area contributed by atoms with Gasteiger partial charge in [0.1, 0.15) is 17.7 Å². The van der Waals surface area contributed by atoms with Gasteiger partial charge in [0, 0.05) is 49.4 Å². The first-order valence-corrected chi connectivity index (χ1v) is 18.8. The van der Waals surface area contributed by atoms with Crippen LogP contribution in [0, 0.1) is 24.2 Å². The van der Waals surface area contributed by atoms with E-state index in [1.165, 1.54) is 11.1 Å². The van der Waals surface area contributed by atoms with Crippen LogP contribution in [0.1, 0.15) is 109 Å².